The lowest BCUT2D eigenvalue weighted by atomic mass is 10.1. The summed E-state index contributed by atoms with van der Waals surface area (Å²) in [5.41, 5.74) is 0.731. The molecule has 0 saturated carbocycles. The Balaban J connectivity index is 1.93. The number of hydrogen-bond acceptors (Lipinski definition) is 5. The summed E-state index contributed by atoms with van der Waals surface area (Å²) in [5.74, 6) is 0.495. The van der Waals surface area contributed by atoms with E-state index in [9.17, 15) is 13.2 Å². The number of nitrogens with zero attached hydrogens (tertiary/aromatic N) is 1. The lowest BCUT2D eigenvalue weighted by molar-refractivity contribution is 0.598. The predicted molar refractivity (Wildman–Crippen MR) is 74.9 cm³/mol. The second-order valence-electron chi connectivity index (χ2n) is 4.16. The van der Waals surface area contributed by atoms with Crippen LogP contribution in [0, 0.1) is 0 Å². The van der Waals surface area contributed by atoms with Crippen LogP contribution in [0.2, 0.25) is 0 Å². The molecule has 0 bridgehead atoms. The summed E-state index contributed by atoms with van der Waals surface area (Å²) in [6, 6.07) is 7.70. The minimum absolute atomic E-state index is 0.0884. The third-order valence-electron chi connectivity index (χ3n) is 2.65. The van der Waals surface area contributed by atoms with Crippen molar-refractivity contribution >= 4 is 15.8 Å². The van der Waals surface area contributed by atoms with Crippen LogP contribution in [0.5, 0.6) is 0 Å². The van der Waals surface area contributed by atoms with Gasteiger partial charge < -0.3 is 10.3 Å². The van der Waals surface area contributed by atoms with Gasteiger partial charge in [0.1, 0.15) is 5.82 Å². The number of benzene rings is 1. The average Bonchev–Trinajstić information content (AvgIpc) is 2.38. The van der Waals surface area contributed by atoms with E-state index in [0.717, 1.165) is 5.56 Å². The quantitative estimate of drug-likeness (QED) is 0.721. The van der Waals surface area contributed by atoms with Crippen molar-refractivity contribution in [1.82, 2.24) is 9.97 Å². The van der Waals surface area contributed by atoms with E-state index in [1.54, 1.807) is 12.1 Å². The number of anilines is 1. The van der Waals surface area contributed by atoms with Gasteiger partial charge in [0.05, 0.1) is 11.2 Å². The van der Waals surface area contributed by atoms with E-state index in [1.165, 1.54) is 24.5 Å². The highest BCUT2D eigenvalue weighted by Crippen LogP contribution is 2.09. The van der Waals surface area contributed by atoms with Gasteiger partial charge in [-0.1, -0.05) is 12.1 Å². The monoisotopic (exact) mass is 294 g/mol. The molecule has 8 heteroatoms. The van der Waals surface area contributed by atoms with Gasteiger partial charge in [-0.05, 0) is 24.1 Å². The molecule has 0 unspecified atom stereocenters. The Kier molecular flexibility index (Phi) is 4.16. The number of primary sulfonamides is 1. The van der Waals surface area contributed by atoms with Gasteiger partial charge in [-0.2, -0.15) is 0 Å². The van der Waals surface area contributed by atoms with E-state index in [2.05, 4.69) is 15.3 Å². The van der Waals surface area contributed by atoms with Gasteiger partial charge in [-0.3, -0.25) is 4.79 Å². The van der Waals surface area contributed by atoms with Crippen molar-refractivity contribution in [2.45, 2.75) is 11.3 Å². The fourth-order valence-electron chi connectivity index (χ4n) is 1.65. The van der Waals surface area contributed by atoms with Gasteiger partial charge in [0.2, 0.25) is 10.0 Å². The van der Waals surface area contributed by atoms with Crippen molar-refractivity contribution in [3.63, 3.8) is 0 Å². The average molecular weight is 294 g/mol. The van der Waals surface area contributed by atoms with Crippen LogP contribution in [0.25, 0.3) is 0 Å². The van der Waals surface area contributed by atoms with Crippen LogP contribution in [-0.2, 0) is 16.4 Å². The van der Waals surface area contributed by atoms with Gasteiger partial charge >= 0.3 is 0 Å². The molecule has 2 aromatic rings. The summed E-state index contributed by atoms with van der Waals surface area (Å²) in [4.78, 5) is 17.5. The first-order chi connectivity index (χ1) is 9.45. The molecule has 0 amide bonds. The largest absolute Gasteiger partial charge is 0.370 e. The Bertz CT molecular complexity index is 738. The van der Waals surface area contributed by atoms with E-state index in [1.807, 2.05) is 0 Å². The molecule has 0 aliphatic heterocycles. The van der Waals surface area contributed by atoms with E-state index in [4.69, 9.17) is 5.14 Å². The molecule has 106 valence electrons. The maximum atomic E-state index is 11.1. The van der Waals surface area contributed by atoms with E-state index in [0.29, 0.717) is 18.8 Å². The maximum Gasteiger partial charge on any atom is 0.252 e. The molecule has 0 atom stereocenters. The Hall–Kier alpha value is -2.19. The van der Waals surface area contributed by atoms with Crippen molar-refractivity contribution in [2.75, 3.05) is 11.9 Å². The highest BCUT2D eigenvalue weighted by Gasteiger charge is 2.06. The Morgan fingerprint density at radius 3 is 2.55 bits per heavy atom. The smallest absolute Gasteiger partial charge is 0.252 e. The number of rotatable bonds is 5. The highest BCUT2D eigenvalue weighted by atomic mass is 32.2. The zero-order valence-corrected chi connectivity index (χ0v) is 11.4. The molecule has 0 fully saturated rings. The zero-order chi connectivity index (χ0) is 14.6. The topological polar surface area (TPSA) is 118 Å². The van der Waals surface area contributed by atoms with E-state index < -0.39 is 10.0 Å². The Labute approximate surface area is 115 Å². The number of H-pyrrole nitrogens is 1. The predicted octanol–water partition coefficient (Wildman–Crippen LogP) is 0.0719. The molecule has 4 N–H and O–H groups in total. The molecule has 0 saturated heterocycles. The summed E-state index contributed by atoms with van der Waals surface area (Å²) in [6.45, 7) is 0.575. The Morgan fingerprint density at radius 2 is 1.95 bits per heavy atom. The summed E-state index contributed by atoms with van der Waals surface area (Å²) in [5, 5.41) is 8.02. The molecular weight excluding hydrogens is 280 g/mol. The van der Waals surface area contributed by atoms with Crippen LogP contribution in [0.4, 0.5) is 5.82 Å². The lowest BCUT2D eigenvalue weighted by Gasteiger charge is -2.05. The molecule has 1 heterocycles. The van der Waals surface area contributed by atoms with Crippen molar-refractivity contribution in [3.8, 4) is 0 Å². The van der Waals surface area contributed by atoms with Crippen molar-refractivity contribution in [3.05, 3.63) is 52.6 Å². The van der Waals surface area contributed by atoms with E-state index in [-0.39, 0.29) is 10.5 Å². The molecule has 0 spiro atoms. The fraction of sp³-hybridized carbons (Fsp3) is 0.167. The molecule has 1 aromatic carbocycles. The third kappa shape index (κ3) is 3.90. The Morgan fingerprint density at radius 1 is 1.25 bits per heavy atom. The van der Waals surface area contributed by atoms with Crippen LogP contribution in [0.3, 0.4) is 0 Å². The van der Waals surface area contributed by atoms with Crippen LogP contribution < -0.4 is 16.0 Å². The number of aromatic nitrogens is 2. The summed E-state index contributed by atoms with van der Waals surface area (Å²) < 4.78 is 22.2. The first-order valence-corrected chi connectivity index (χ1v) is 7.40. The highest BCUT2D eigenvalue weighted by molar-refractivity contribution is 7.89. The van der Waals surface area contributed by atoms with Gasteiger partial charge in [0.25, 0.3) is 5.56 Å². The minimum atomic E-state index is -3.65. The molecule has 20 heavy (non-hydrogen) atoms. The molecule has 7 nitrogen and oxygen atoms in total. The molecule has 0 aliphatic rings. The second kappa shape index (κ2) is 5.85. The van der Waals surface area contributed by atoms with Crippen molar-refractivity contribution in [1.29, 1.82) is 0 Å². The standard InChI is InChI=1S/C12H14N4O3S/c13-20(18,19)10-3-1-9(2-4-10)5-6-14-11-7-12(17)16-8-15-11/h1-4,7-8H,5-6H2,(H2,13,18,19)(H2,14,15,16,17). The third-order valence-corrected chi connectivity index (χ3v) is 3.58. The van der Waals surface area contributed by atoms with Crippen molar-refractivity contribution < 1.29 is 8.42 Å². The van der Waals surface area contributed by atoms with Gasteiger partial charge in [-0.15, -0.1) is 0 Å². The van der Waals surface area contributed by atoms with Crippen LogP contribution in [0.15, 0.2) is 46.3 Å². The number of nitrogens with one attached hydrogen (secondary N) is 2. The molecule has 1 aromatic heterocycles. The van der Waals surface area contributed by atoms with E-state index >= 15 is 0 Å². The first kappa shape index (κ1) is 14.2. The zero-order valence-electron chi connectivity index (χ0n) is 10.5. The van der Waals surface area contributed by atoms with Gasteiger partial charge in [0.15, 0.2) is 0 Å². The van der Waals surface area contributed by atoms with Crippen LogP contribution >= 0.6 is 0 Å². The number of sulfonamides is 1. The number of aromatic amines is 1. The fourth-order valence-corrected chi connectivity index (χ4v) is 2.16. The maximum absolute atomic E-state index is 11.1. The van der Waals surface area contributed by atoms with Gasteiger partial charge in [-0.25, -0.2) is 18.5 Å². The minimum Gasteiger partial charge on any atom is -0.370 e. The summed E-state index contributed by atoms with van der Waals surface area (Å²) in [7, 11) is -3.65. The number of nitrogens with two attached hydrogens (primary N) is 1. The molecule has 0 radical (unpaired) electrons. The molecule has 0 aliphatic carbocycles. The van der Waals surface area contributed by atoms with Crippen LogP contribution in [-0.4, -0.2) is 24.9 Å². The molecular formula is C12H14N4O3S. The number of hydrogen-bond donors (Lipinski definition) is 3. The second-order valence-corrected chi connectivity index (χ2v) is 5.72. The normalized spacial score (nSPS) is 11.2. The van der Waals surface area contributed by atoms with Crippen LogP contribution in [0.1, 0.15) is 5.56 Å². The first-order valence-electron chi connectivity index (χ1n) is 5.85. The van der Waals surface area contributed by atoms with Gasteiger partial charge in [0, 0.05) is 12.6 Å². The SMILES string of the molecule is NS(=O)(=O)c1ccc(CCNc2cc(=O)[nH]cn2)cc1. The summed E-state index contributed by atoms with van der Waals surface area (Å²) in [6.07, 6.45) is 1.99. The summed E-state index contributed by atoms with van der Waals surface area (Å²) >= 11 is 0. The lowest BCUT2D eigenvalue weighted by Crippen LogP contribution is -2.13. The molecule has 2 rings (SSSR count). The van der Waals surface area contributed by atoms with Crippen molar-refractivity contribution in [2.24, 2.45) is 5.14 Å².